The lowest BCUT2D eigenvalue weighted by Crippen LogP contribution is -2.38. The maximum Gasteiger partial charge on any atom is 0.0642 e. The van der Waals surface area contributed by atoms with Gasteiger partial charge in [-0.2, -0.15) is 0 Å². The van der Waals surface area contributed by atoms with Crippen LogP contribution in [0.4, 0.5) is 0 Å². The predicted molar refractivity (Wildman–Crippen MR) is 57.3 cm³/mol. The summed E-state index contributed by atoms with van der Waals surface area (Å²) in [7, 11) is 0. The van der Waals surface area contributed by atoms with Crippen LogP contribution < -0.4 is 5.32 Å². The van der Waals surface area contributed by atoms with Gasteiger partial charge in [-0.1, -0.05) is 13.8 Å². The Balaban J connectivity index is 1.96. The Morgan fingerprint density at radius 1 is 1.43 bits per heavy atom. The van der Waals surface area contributed by atoms with Gasteiger partial charge in [-0.05, 0) is 25.2 Å². The third-order valence-corrected chi connectivity index (χ3v) is 2.43. The molecule has 3 nitrogen and oxygen atoms in total. The number of aliphatic hydroxyl groups is 1. The molecule has 0 bridgehead atoms. The van der Waals surface area contributed by atoms with Gasteiger partial charge < -0.3 is 15.2 Å². The topological polar surface area (TPSA) is 41.5 Å². The highest BCUT2D eigenvalue weighted by Crippen LogP contribution is 2.19. The second kappa shape index (κ2) is 6.38. The summed E-state index contributed by atoms with van der Waals surface area (Å²) in [5, 5.41) is 12.4. The summed E-state index contributed by atoms with van der Waals surface area (Å²) in [4.78, 5) is 0. The minimum absolute atomic E-state index is 0.134. The molecule has 0 aromatic carbocycles. The van der Waals surface area contributed by atoms with Crippen LogP contribution in [0.3, 0.4) is 0 Å². The normalized spacial score (nSPS) is 18.9. The van der Waals surface area contributed by atoms with Crippen molar-refractivity contribution in [2.45, 2.75) is 45.2 Å². The molecule has 1 aliphatic carbocycles. The number of hydrogen-bond donors (Lipinski definition) is 2. The average molecular weight is 201 g/mol. The highest BCUT2D eigenvalue weighted by atomic mass is 16.5. The van der Waals surface area contributed by atoms with E-state index in [-0.39, 0.29) is 12.6 Å². The fourth-order valence-corrected chi connectivity index (χ4v) is 1.28. The first-order valence-corrected chi connectivity index (χ1v) is 5.67. The molecule has 0 aromatic rings. The van der Waals surface area contributed by atoms with Crippen LogP contribution in [0, 0.1) is 5.92 Å². The van der Waals surface area contributed by atoms with Crippen molar-refractivity contribution in [2.24, 2.45) is 5.92 Å². The van der Waals surface area contributed by atoms with Crippen LogP contribution in [0.1, 0.15) is 33.1 Å². The third kappa shape index (κ3) is 5.58. The van der Waals surface area contributed by atoms with Crippen LogP contribution in [0.5, 0.6) is 0 Å². The maximum absolute atomic E-state index is 9.07. The fraction of sp³-hybridized carbons (Fsp3) is 1.00. The molecule has 14 heavy (non-hydrogen) atoms. The Morgan fingerprint density at radius 2 is 2.14 bits per heavy atom. The summed E-state index contributed by atoms with van der Waals surface area (Å²) in [5.41, 5.74) is 0. The van der Waals surface area contributed by atoms with Gasteiger partial charge in [0, 0.05) is 12.6 Å². The molecular formula is C11H23NO2. The third-order valence-electron chi connectivity index (χ3n) is 2.43. The number of nitrogens with one attached hydrogen (secondary N) is 1. The number of aliphatic hydroxyl groups excluding tert-OH is 1. The van der Waals surface area contributed by atoms with Crippen molar-refractivity contribution < 1.29 is 9.84 Å². The van der Waals surface area contributed by atoms with Crippen molar-refractivity contribution >= 4 is 0 Å². The minimum Gasteiger partial charge on any atom is -0.395 e. The Labute approximate surface area is 86.8 Å². The van der Waals surface area contributed by atoms with Crippen LogP contribution in [-0.2, 0) is 4.74 Å². The standard InChI is InChI=1S/C11H23NO2/c1-9(2)5-6-14-8-11(7-13)12-10-3-4-10/h9-13H,3-8H2,1-2H3. The van der Waals surface area contributed by atoms with Crippen molar-refractivity contribution in [3.8, 4) is 0 Å². The largest absolute Gasteiger partial charge is 0.395 e. The quantitative estimate of drug-likeness (QED) is 0.579. The van der Waals surface area contributed by atoms with Crippen LogP contribution in [0.25, 0.3) is 0 Å². The van der Waals surface area contributed by atoms with Gasteiger partial charge in [-0.15, -0.1) is 0 Å². The van der Waals surface area contributed by atoms with Crippen molar-refractivity contribution in [1.82, 2.24) is 5.32 Å². The molecule has 1 fully saturated rings. The SMILES string of the molecule is CC(C)CCOCC(CO)NC1CC1. The first-order valence-electron chi connectivity index (χ1n) is 5.67. The van der Waals surface area contributed by atoms with Crippen LogP contribution in [0.2, 0.25) is 0 Å². The molecule has 1 rings (SSSR count). The van der Waals surface area contributed by atoms with E-state index in [1.807, 2.05) is 0 Å². The van der Waals surface area contributed by atoms with E-state index < -0.39 is 0 Å². The number of hydrogen-bond acceptors (Lipinski definition) is 3. The minimum atomic E-state index is 0.134. The zero-order chi connectivity index (χ0) is 10.4. The second-order valence-corrected chi connectivity index (χ2v) is 4.58. The molecule has 2 N–H and O–H groups in total. The van der Waals surface area contributed by atoms with Crippen LogP contribution >= 0.6 is 0 Å². The zero-order valence-electron chi connectivity index (χ0n) is 9.33. The highest BCUT2D eigenvalue weighted by molar-refractivity contribution is 4.84. The van der Waals surface area contributed by atoms with E-state index in [1.54, 1.807) is 0 Å². The molecule has 3 heteroatoms. The van der Waals surface area contributed by atoms with Crippen LogP contribution in [0.15, 0.2) is 0 Å². The molecule has 0 aromatic heterocycles. The van der Waals surface area contributed by atoms with Crippen molar-refractivity contribution in [3.63, 3.8) is 0 Å². The van der Waals surface area contributed by atoms with E-state index in [9.17, 15) is 0 Å². The average Bonchev–Trinajstić information content (AvgIpc) is 2.93. The first kappa shape index (κ1) is 12.0. The van der Waals surface area contributed by atoms with Gasteiger partial charge in [0.25, 0.3) is 0 Å². The van der Waals surface area contributed by atoms with Gasteiger partial charge in [0.2, 0.25) is 0 Å². The molecule has 1 atom stereocenters. The number of ether oxygens (including phenoxy) is 1. The molecule has 0 heterocycles. The maximum atomic E-state index is 9.07. The van der Waals surface area contributed by atoms with E-state index >= 15 is 0 Å². The Bertz CT molecular complexity index is 146. The summed E-state index contributed by atoms with van der Waals surface area (Å²) in [6.07, 6.45) is 3.60. The Morgan fingerprint density at radius 3 is 2.64 bits per heavy atom. The zero-order valence-corrected chi connectivity index (χ0v) is 9.33. The summed E-state index contributed by atoms with van der Waals surface area (Å²) in [5.74, 6) is 0.693. The molecule has 0 amide bonds. The highest BCUT2D eigenvalue weighted by Gasteiger charge is 2.24. The van der Waals surface area contributed by atoms with Gasteiger partial charge in [0.15, 0.2) is 0 Å². The number of rotatable bonds is 8. The molecule has 1 aliphatic rings. The summed E-state index contributed by atoms with van der Waals surface area (Å²) in [6, 6.07) is 0.774. The van der Waals surface area contributed by atoms with Crippen molar-refractivity contribution in [2.75, 3.05) is 19.8 Å². The molecule has 84 valence electrons. The lowest BCUT2D eigenvalue weighted by atomic mass is 10.1. The van der Waals surface area contributed by atoms with Gasteiger partial charge in [0.1, 0.15) is 0 Å². The lowest BCUT2D eigenvalue weighted by Gasteiger charge is -2.16. The van der Waals surface area contributed by atoms with Gasteiger partial charge in [-0.3, -0.25) is 0 Å². The summed E-state index contributed by atoms with van der Waals surface area (Å²) >= 11 is 0. The van der Waals surface area contributed by atoms with Crippen LogP contribution in [-0.4, -0.2) is 37.0 Å². The van der Waals surface area contributed by atoms with Gasteiger partial charge >= 0.3 is 0 Å². The lowest BCUT2D eigenvalue weighted by molar-refractivity contribution is 0.0815. The van der Waals surface area contributed by atoms with Crippen molar-refractivity contribution in [1.29, 1.82) is 0 Å². The van der Waals surface area contributed by atoms with Gasteiger partial charge in [0.05, 0.1) is 19.3 Å². The van der Waals surface area contributed by atoms with E-state index in [4.69, 9.17) is 9.84 Å². The van der Waals surface area contributed by atoms with E-state index in [0.717, 1.165) is 13.0 Å². The van der Waals surface area contributed by atoms with Gasteiger partial charge in [-0.25, -0.2) is 0 Å². The second-order valence-electron chi connectivity index (χ2n) is 4.58. The molecule has 1 unspecified atom stereocenters. The smallest absolute Gasteiger partial charge is 0.0642 e. The summed E-state index contributed by atoms with van der Waals surface area (Å²) in [6.45, 7) is 6.00. The Hall–Kier alpha value is -0.120. The Kier molecular flexibility index (Phi) is 5.45. The van der Waals surface area contributed by atoms with E-state index in [0.29, 0.717) is 18.6 Å². The molecule has 1 saturated carbocycles. The fourth-order valence-electron chi connectivity index (χ4n) is 1.28. The van der Waals surface area contributed by atoms with E-state index in [2.05, 4.69) is 19.2 Å². The van der Waals surface area contributed by atoms with Crippen molar-refractivity contribution in [3.05, 3.63) is 0 Å². The molecule has 0 radical (unpaired) electrons. The molecule has 0 aliphatic heterocycles. The molecule has 0 saturated heterocycles. The molecule has 0 spiro atoms. The first-order chi connectivity index (χ1) is 6.72. The predicted octanol–water partition coefficient (Wildman–Crippen LogP) is 1.16. The summed E-state index contributed by atoms with van der Waals surface area (Å²) < 4.78 is 5.50. The van der Waals surface area contributed by atoms with E-state index in [1.165, 1.54) is 12.8 Å². The molecular weight excluding hydrogens is 178 g/mol. The monoisotopic (exact) mass is 201 g/mol.